The number of benzene rings is 2. The molecule has 0 spiro atoms. The number of nitrogens with one attached hydrogen (secondary N) is 1. The molecule has 1 amide bonds. The van der Waals surface area contributed by atoms with E-state index in [4.69, 9.17) is 18.9 Å². The third kappa shape index (κ3) is 5.43. The lowest BCUT2D eigenvalue weighted by molar-refractivity contribution is -0.345. The van der Waals surface area contributed by atoms with Crippen molar-refractivity contribution < 1.29 is 28.8 Å². The van der Waals surface area contributed by atoms with Crippen molar-refractivity contribution in [3.63, 3.8) is 0 Å². The van der Waals surface area contributed by atoms with E-state index in [0.717, 1.165) is 16.7 Å². The number of hydrogen-bond acceptors (Lipinski definition) is 6. The standard InChI is InChI=1S/C25H29NO6/c1-16(2)13-20(27)26-21-22(28)23-19(15-30-24(32-23)18-11-7-4-8-12-18)31-25(21)29-14-17-9-5-3-6-10-17/h3-13,19,21-25,28H,14-15H2,1-2H3,(H,26,27)/t19-,21-,22+,23-,24-,25-/m1/s1. The second-order valence-electron chi connectivity index (χ2n) is 8.26. The van der Waals surface area contributed by atoms with E-state index in [1.54, 1.807) is 0 Å². The zero-order valence-electron chi connectivity index (χ0n) is 18.2. The normalized spacial score (nSPS) is 29.6. The summed E-state index contributed by atoms with van der Waals surface area (Å²) in [5.74, 6) is -0.323. The lowest BCUT2D eigenvalue weighted by atomic mass is 9.95. The summed E-state index contributed by atoms with van der Waals surface area (Å²) in [7, 11) is 0. The molecule has 4 rings (SSSR count). The van der Waals surface area contributed by atoms with Gasteiger partial charge in [-0.25, -0.2) is 0 Å². The van der Waals surface area contributed by atoms with E-state index in [1.807, 2.05) is 74.5 Å². The first-order valence-electron chi connectivity index (χ1n) is 10.8. The first-order chi connectivity index (χ1) is 15.5. The van der Waals surface area contributed by atoms with Crippen molar-refractivity contribution in [1.29, 1.82) is 0 Å². The maximum absolute atomic E-state index is 12.5. The van der Waals surface area contributed by atoms with E-state index in [9.17, 15) is 9.90 Å². The number of carbonyl (C=O) groups is 1. The summed E-state index contributed by atoms with van der Waals surface area (Å²) in [6, 6.07) is 18.4. The van der Waals surface area contributed by atoms with Gasteiger partial charge in [-0.3, -0.25) is 4.79 Å². The number of ether oxygens (including phenoxy) is 4. The molecule has 2 aromatic rings. The quantitative estimate of drug-likeness (QED) is 0.674. The van der Waals surface area contributed by atoms with E-state index >= 15 is 0 Å². The molecule has 2 fully saturated rings. The summed E-state index contributed by atoms with van der Waals surface area (Å²) < 4.78 is 24.0. The third-order valence-electron chi connectivity index (χ3n) is 5.42. The van der Waals surface area contributed by atoms with Crippen molar-refractivity contribution >= 4 is 5.91 Å². The van der Waals surface area contributed by atoms with Gasteiger partial charge in [0.15, 0.2) is 12.6 Å². The van der Waals surface area contributed by atoms with Gasteiger partial charge in [0, 0.05) is 11.6 Å². The molecule has 6 atom stereocenters. The zero-order chi connectivity index (χ0) is 22.5. The number of aliphatic hydroxyl groups is 1. The highest BCUT2D eigenvalue weighted by Crippen LogP contribution is 2.34. The molecule has 0 saturated carbocycles. The molecule has 0 unspecified atom stereocenters. The van der Waals surface area contributed by atoms with Crippen molar-refractivity contribution in [2.75, 3.05) is 6.61 Å². The first kappa shape index (κ1) is 22.6. The highest BCUT2D eigenvalue weighted by atomic mass is 16.7. The summed E-state index contributed by atoms with van der Waals surface area (Å²) in [5, 5.41) is 14.0. The van der Waals surface area contributed by atoms with Crippen LogP contribution in [0.2, 0.25) is 0 Å². The van der Waals surface area contributed by atoms with Crippen LogP contribution in [0.4, 0.5) is 0 Å². The Morgan fingerprint density at radius 1 is 1.09 bits per heavy atom. The molecule has 2 N–H and O–H groups in total. The smallest absolute Gasteiger partial charge is 0.244 e. The van der Waals surface area contributed by atoms with Crippen LogP contribution >= 0.6 is 0 Å². The molecule has 7 nitrogen and oxygen atoms in total. The minimum absolute atomic E-state index is 0.237. The largest absolute Gasteiger partial charge is 0.388 e. The molecule has 2 aliphatic rings. The van der Waals surface area contributed by atoms with Gasteiger partial charge >= 0.3 is 0 Å². The van der Waals surface area contributed by atoms with Gasteiger partial charge in [0.2, 0.25) is 5.91 Å². The van der Waals surface area contributed by atoms with Crippen LogP contribution < -0.4 is 5.32 Å². The van der Waals surface area contributed by atoms with Crippen LogP contribution in [-0.2, 0) is 30.3 Å². The molecule has 170 valence electrons. The Morgan fingerprint density at radius 2 is 1.78 bits per heavy atom. The Kier molecular flexibility index (Phi) is 7.34. The average Bonchev–Trinajstić information content (AvgIpc) is 2.80. The third-order valence-corrected chi connectivity index (χ3v) is 5.42. The molecule has 7 heteroatoms. The fourth-order valence-electron chi connectivity index (χ4n) is 3.89. The van der Waals surface area contributed by atoms with Crippen LogP contribution in [0.25, 0.3) is 0 Å². The van der Waals surface area contributed by atoms with Crippen LogP contribution in [0, 0.1) is 0 Å². The van der Waals surface area contributed by atoms with Crippen molar-refractivity contribution in [2.24, 2.45) is 0 Å². The van der Waals surface area contributed by atoms with Crippen molar-refractivity contribution in [3.8, 4) is 0 Å². The summed E-state index contributed by atoms with van der Waals surface area (Å²) >= 11 is 0. The number of allylic oxidation sites excluding steroid dienone is 1. The van der Waals surface area contributed by atoms with Crippen LogP contribution in [0.15, 0.2) is 72.3 Å². The van der Waals surface area contributed by atoms with Crippen molar-refractivity contribution in [1.82, 2.24) is 5.32 Å². The molecule has 2 heterocycles. The van der Waals surface area contributed by atoms with Gasteiger partial charge in [0.1, 0.15) is 24.4 Å². The van der Waals surface area contributed by atoms with Crippen LogP contribution in [0.5, 0.6) is 0 Å². The lowest BCUT2D eigenvalue weighted by Crippen LogP contribution is -2.66. The van der Waals surface area contributed by atoms with E-state index in [1.165, 1.54) is 6.08 Å². The van der Waals surface area contributed by atoms with Gasteiger partial charge < -0.3 is 29.4 Å². The van der Waals surface area contributed by atoms with Gasteiger partial charge in [-0.1, -0.05) is 66.2 Å². The molecule has 2 aromatic carbocycles. The van der Waals surface area contributed by atoms with Gasteiger partial charge in [-0.2, -0.15) is 0 Å². The summed E-state index contributed by atoms with van der Waals surface area (Å²) in [4.78, 5) is 12.5. The summed E-state index contributed by atoms with van der Waals surface area (Å²) in [5.41, 5.74) is 2.66. The van der Waals surface area contributed by atoms with Gasteiger partial charge in [0.25, 0.3) is 0 Å². The van der Waals surface area contributed by atoms with E-state index < -0.39 is 36.9 Å². The monoisotopic (exact) mass is 439 g/mol. The molecule has 0 aliphatic carbocycles. The fraction of sp³-hybridized carbons (Fsp3) is 0.400. The number of rotatable bonds is 6. The Labute approximate surface area is 187 Å². The predicted molar refractivity (Wildman–Crippen MR) is 117 cm³/mol. The second-order valence-corrected chi connectivity index (χ2v) is 8.26. The Hall–Kier alpha value is -2.55. The van der Waals surface area contributed by atoms with Crippen molar-refractivity contribution in [3.05, 3.63) is 83.4 Å². The number of aliphatic hydroxyl groups excluding tert-OH is 1. The number of carbonyl (C=O) groups excluding carboxylic acids is 1. The van der Waals surface area contributed by atoms with E-state index in [0.29, 0.717) is 0 Å². The highest BCUT2D eigenvalue weighted by Gasteiger charge is 2.50. The van der Waals surface area contributed by atoms with Crippen LogP contribution in [0.1, 0.15) is 31.3 Å². The Morgan fingerprint density at radius 3 is 2.47 bits per heavy atom. The molecular weight excluding hydrogens is 410 g/mol. The molecular formula is C25H29NO6. The fourth-order valence-corrected chi connectivity index (χ4v) is 3.89. The Balaban J connectivity index is 1.51. The zero-order valence-corrected chi connectivity index (χ0v) is 18.2. The predicted octanol–water partition coefficient (Wildman–Crippen LogP) is 2.85. The number of amides is 1. The maximum atomic E-state index is 12.5. The molecule has 0 radical (unpaired) electrons. The number of fused-ring (bicyclic) bond motifs is 1. The number of hydrogen-bond donors (Lipinski definition) is 2. The van der Waals surface area contributed by atoms with Gasteiger partial charge in [-0.05, 0) is 19.4 Å². The Bertz CT molecular complexity index is 915. The average molecular weight is 440 g/mol. The molecule has 2 saturated heterocycles. The maximum Gasteiger partial charge on any atom is 0.244 e. The van der Waals surface area contributed by atoms with Crippen LogP contribution in [0.3, 0.4) is 0 Å². The molecule has 2 aliphatic heterocycles. The molecule has 0 aromatic heterocycles. The van der Waals surface area contributed by atoms with Crippen molar-refractivity contribution in [2.45, 2.75) is 57.4 Å². The summed E-state index contributed by atoms with van der Waals surface area (Å²) in [6.07, 6.45) is -2.25. The lowest BCUT2D eigenvalue weighted by Gasteiger charge is -2.47. The molecule has 0 bridgehead atoms. The first-order valence-corrected chi connectivity index (χ1v) is 10.8. The van der Waals surface area contributed by atoms with E-state index in [2.05, 4.69) is 5.32 Å². The van der Waals surface area contributed by atoms with Gasteiger partial charge in [0.05, 0.1) is 13.2 Å². The summed E-state index contributed by atoms with van der Waals surface area (Å²) in [6.45, 7) is 4.18. The second kappa shape index (κ2) is 10.4. The SMILES string of the molecule is CC(C)=CC(=O)N[C@H]1[C@H](OCc2ccccc2)O[C@@H]2CO[C@@H](c3ccccc3)O[C@H]2[C@H]1O. The highest BCUT2D eigenvalue weighted by molar-refractivity contribution is 5.88. The minimum Gasteiger partial charge on any atom is -0.388 e. The minimum atomic E-state index is -1.04. The topological polar surface area (TPSA) is 86.3 Å². The van der Waals surface area contributed by atoms with Gasteiger partial charge in [-0.15, -0.1) is 0 Å². The van der Waals surface area contributed by atoms with Crippen LogP contribution in [-0.4, -0.2) is 48.3 Å². The molecule has 32 heavy (non-hydrogen) atoms. The van der Waals surface area contributed by atoms with E-state index in [-0.39, 0.29) is 19.1 Å².